The van der Waals surface area contributed by atoms with E-state index in [-0.39, 0.29) is 25.2 Å². The highest BCUT2D eigenvalue weighted by molar-refractivity contribution is 7.87. The van der Waals surface area contributed by atoms with Crippen LogP contribution < -0.4 is 0 Å². The minimum atomic E-state index is -5.71. The van der Waals surface area contributed by atoms with Crippen molar-refractivity contribution in [2.75, 3.05) is 0 Å². The van der Waals surface area contributed by atoms with E-state index in [4.69, 9.17) is 0 Å². The van der Waals surface area contributed by atoms with Crippen LogP contribution in [0.5, 0.6) is 0 Å². The van der Waals surface area contributed by atoms with Crippen LogP contribution in [-0.2, 0) is 19.1 Å². The van der Waals surface area contributed by atoms with E-state index >= 15 is 0 Å². The van der Waals surface area contributed by atoms with E-state index in [1.165, 1.54) is 0 Å². The van der Waals surface area contributed by atoms with Crippen LogP contribution in [0.15, 0.2) is 0 Å². The van der Waals surface area contributed by atoms with Gasteiger partial charge in [-0.15, -0.1) is 0 Å². The molecule has 0 saturated heterocycles. The molecular weight excluding hydrogens is 273 g/mol. The Morgan fingerprint density at radius 1 is 1.28 bits per heavy atom. The Bertz CT molecular complexity index is 456. The molecule has 0 spiro atoms. The summed E-state index contributed by atoms with van der Waals surface area (Å²) in [5.41, 5.74) is -7.25. The van der Waals surface area contributed by atoms with Crippen molar-refractivity contribution in [2.45, 2.75) is 49.6 Å². The van der Waals surface area contributed by atoms with Crippen LogP contribution in [0.3, 0.4) is 0 Å². The monoisotopic (exact) mass is 286 g/mol. The average molecular weight is 286 g/mol. The van der Waals surface area contributed by atoms with E-state index in [0.717, 1.165) is 6.42 Å². The molecule has 2 aliphatic carbocycles. The molecule has 0 aromatic rings. The summed E-state index contributed by atoms with van der Waals surface area (Å²) < 4.78 is 63.4. The van der Waals surface area contributed by atoms with E-state index < -0.39 is 27.0 Å². The molecule has 0 heterocycles. The molecule has 0 aliphatic heterocycles. The Morgan fingerprint density at radius 2 is 1.94 bits per heavy atom. The van der Waals surface area contributed by atoms with Crippen LogP contribution in [0.4, 0.5) is 13.2 Å². The predicted molar refractivity (Wildman–Crippen MR) is 55.0 cm³/mol. The zero-order valence-electron chi connectivity index (χ0n) is 9.50. The number of ketones is 1. The maximum absolute atomic E-state index is 12.3. The first kappa shape index (κ1) is 13.8. The fourth-order valence-corrected chi connectivity index (χ4v) is 3.55. The largest absolute Gasteiger partial charge is 0.523 e. The van der Waals surface area contributed by atoms with Gasteiger partial charge in [0.25, 0.3) is 0 Å². The van der Waals surface area contributed by atoms with Crippen molar-refractivity contribution in [2.24, 2.45) is 5.92 Å². The summed E-state index contributed by atoms with van der Waals surface area (Å²) in [6, 6.07) is 0. The second-order valence-corrected chi connectivity index (χ2v) is 6.44. The molecule has 4 nitrogen and oxygen atoms in total. The van der Waals surface area contributed by atoms with Gasteiger partial charge in [0.2, 0.25) is 0 Å². The van der Waals surface area contributed by atoms with Crippen molar-refractivity contribution in [3.63, 3.8) is 0 Å². The number of carbonyl (C=O) groups is 1. The van der Waals surface area contributed by atoms with Crippen LogP contribution in [0.1, 0.15) is 38.5 Å². The lowest BCUT2D eigenvalue weighted by Crippen LogP contribution is -2.51. The second kappa shape index (κ2) is 4.19. The van der Waals surface area contributed by atoms with Crippen LogP contribution in [0, 0.1) is 5.92 Å². The molecule has 0 N–H and O–H groups in total. The van der Waals surface area contributed by atoms with E-state index in [1.807, 2.05) is 0 Å². The number of carbonyl (C=O) groups excluding carboxylic acids is 1. The minimum absolute atomic E-state index is 0.0532. The highest BCUT2D eigenvalue weighted by Crippen LogP contribution is 2.45. The minimum Gasteiger partial charge on any atom is -0.296 e. The number of halogens is 3. The molecule has 0 aromatic carbocycles. The van der Waals surface area contributed by atoms with Gasteiger partial charge < -0.3 is 0 Å². The molecule has 8 heteroatoms. The van der Waals surface area contributed by atoms with Gasteiger partial charge in [-0.3, -0.25) is 4.79 Å². The SMILES string of the molecule is O=C1CCC2CCCC1(OS(=O)(=O)C(F)(F)F)C2. The summed E-state index contributed by atoms with van der Waals surface area (Å²) in [5, 5.41) is 0. The smallest absolute Gasteiger partial charge is 0.296 e. The first-order valence-corrected chi connectivity index (χ1v) is 7.12. The molecule has 104 valence electrons. The van der Waals surface area contributed by atoms with Crippen LogP contribution in [0.2, 0.25) is 0 Å². The number of hydrogen-bond acceptors (Lipinski definition) is 4. The van der Waals surface area contributed by atoms with Gasteiger partial charge in [-0.25, -0.2) is 4.18 Å². The summed E-state index contributed by atoms with van der Waals surface area (Å²) in [6.45, 7) is 0. The number of hydrogen-bond donors (Lipinski definition) is 0. The Hall–Kier alpha value is -0.630. The molecule has 0 amide bonds. The summed E-state index contributed by atoms with van der Waals surface area (Å²) in [4.78, 5) is 11.8. The lowest BCUT2D eigenvalue weighted by Gasteiger charge is -2.42. The summed E-state index contributed by atoms with van der Waals surface area (Å²) >= 11 is 0. The molecule has 2 saturated carbocycles. The zero-order valence-corrected chi connectivity index (χ0v) is 10.3. The van der Waals surface area contributed by atoms with Gasteiger partial charge in [0.1, 0.15) is 5.60 Å². The first-order valence-electron chi connectivity index (χ1n) is 5.71. The first-order chi connectivity index (χ1) is 8.16. The Labute approximate surface area is 103 Å². The number of Topliss-reactive ketones (excluding diaryl/α,β-unsaturated/α-hetero) is 1. The van der Waals surface area contributed by atoms with Crippen LogP contribution in [-0.4, -0.2) is 25.3 Å². The highest BCUT2D eigenvalue weighted by atomic mass is 32.2. The summed E-state index contributed by atoms with van der Waals surface area (Å²) in [7, 11) is -5.71. The summed E-state index contributed by atoms with van der Waals surface area (Å²) in [5.74, 6) is -0.439. The normalized spacial score (nSPS) is 33.5. The number of fused-ring (bicyclic) bond motifs is 2. The molecule has 0 radical (unpaired) electrons. The molecule has 2 bridgehead atoms. The Balaban J connectivity index is 2.28. The fourth-order valence-electron chi connectivity index (χ4n) is 2.79. The third-order valence-electron chi connectivity index (χ3n) is 3.65. The maximum Gasteiger partial charge on any atom is 0.523 e. The molecular formula is C10H13F3O4S. The van der Waals surface area contributed by atoms with Gasteiger partial charge >= 0.3 is 15.6 Å². The molecule has 2 atom stereocenters. The van der Waals surface area contributed by atoms with Crippen molar-refractivity contribution < 1.29 is 30.6 Å². The average Bonchev–Trinajstić information content (AvgIpc) is 2.22. The van der Waals surface area contributed by atoms with Gasteiger partial charge in [-0.1, -0.05) is 6.42 Å². The van der Waals surface area contributed by atoms with Crippen molar-refractivity contribution in [3.8, 4) is 0 Å². The third kappa shape index (κ3) is 2.27. The van der Waals surface area contributed by atoms with E-state index in [1.54, 1.807) is 0 Å². The van der Waals surface area contributed by atoms with E-state index in [0.29, 0.717) is 12.8 Å². The van der Waals surface area contributed by atoms with Gasteiger partial charge in [-0.2, -0.15) is 21.6 Å². The molecule has 0 aromatic heterocycles. The number of rotatable bonds is 2. The lowest BCUT2D eigenvalue weighted by atomic mass is 9.69. The second-order valence-electron chi connectivity index (χ2n) is 4.90. The van der Waals surface area contributed by atoms with E-state index in [2.05, 4.69) is 4.18 Å². The number of alkyl halides is 3. The van der Waals surface area contributed by atoms with Gasteiger partial charge in [0.15, 0.2) is 5.78 Å². The zero-order chi connectivity index (χ0) is 13.6. The van der Waals surface area contributed by atoms with Crippen molar-refractivity contribution in [1.82, 2.24) is 0 Å². The molecule has 2 aliphatic rings. The molecule has 2 rings (SSSR count). The third-order valence-corrected chi connectivity index (χ3v) is 4.76. The maximum atomic E-state index is 12.3. The van der Waals surface area contributed by atoms with Crippen molar-refractivity contribution in [3.05, 3.63) is 0 Å². The molecule has 18 heavy (non-hydrogen) atoms. The predicted octanol–water partition coefficient (Wildman–Crippen LogP) is 2.14. The Morgan fingerprint density at radius 3 is 2.56 bits per heavy atom. The van der Waals surface area contributed by atoms with Crippen LogP contribution in [0.25, 0.3) is 0 Å². The van der Waals surface area contributed by atoms with Crippen LogP contribution >= 0.6 is 0 Å². The molecule has 2 unspecified atom stereocenters. The van der Waals surface area contributed by atoms with Crippen molar-refractivity contribution >= 4 is 15.9 Å². The quantitative estimate of drug-likeness (QED) is 0.576. The topological polar surface area (TPSA) is 60.4 Å². The van der Waals surface area contributed by atoms with Gasteiger partial charge in [-0.05, 0) is 31.6 Å². The summed E-state index contributed by atoms with van der Waals surface area (Å²) in [6.07, 6.45) is 2.17. The Kier molecular flexibility index (Phi) is 3.21. The van der Waals surface area contributed by atoms with Gasteiger partial charge in [0, 0.05) is 6.42 Å². The van der Waals surface area contributed by atoms with E-state index in [9.17, 15) is 26.4 Å². The van der Waals surface area contributed by atoms with Crippen molar-refractivity contribution in [1.29, 1.82) is 0 Å². The lowest BCUT2D eigenvalue weighted by molar-refractivity contribution is -0.145. The molecule has 2 fully saturated rings. The van der Waals surface area contributed by atoms with Gasteiger partial charge in [0.05, 0.1) is 0 Å². The standard InChI is InChI=1S/C10H13F3O4S/c11-10(12,13)18(15,16)17-9-5-1-2-7(6-9)3-4-8(9)14/h7H,1-6H2. The fraction of sp³-hybridized carbons (Fsp3) is 0.900. The highest BCUT2D eigenvalue weighted by Gasteiger charge is 2.56.